The van der Waals surface area contributed by atoms with E-state index < -0.39 is 0 Å². The molecular weight excluding hydrogens is 322 g/mol. The van der Waals surface area contributed by atoms with Crippen molar-refractivity contribution in [2.45, 2.75) is 25.8 Å². The smallest absolute Gasteiger partial charge is 0.221 e. The second-order valence-electron chi connectivity index (χ2n) is 6.49. The summed E-state index contributed by atoms with van der Waals surface area (Å²) in [6, 6.07) is 25.2. The number of aromatic hydroxyl groups is 1. The van der Waals surface area contributed by atoms with Crippen molar-refractivity contribution < 1.29 is 9.90 Å². The number of phenols is 1. The van der Waals surface area contributed by atoms with E-state index in [-0.39, 0.29) is 24.0 Å². The van der Waals surface area contributed by atoms with Gasteiger partial charge in [0.2, 0.25) is 5.91 Å². The Bertz CT molecular complexity index is 860. The van der Waals surface area contributed by atoms with Crippen molar-refractivity contribution in [3.05, 3.63) is 101 Å². The maximum Gasteiger partial charge on any atom is 0.221 e. The summed E-state index contributed by atoms with van der Waals surface area (Å²) in [6.07, 6.45) is 0.286. The van der Waals surface area contributed by atoms with Gasteiger partial charge in [-0.2, -0.15) is 0 Å². The molecule has 3 heteroatoms. The Morgan fingerprint density at radius 1 is 0.962 bits per heavy atom. The van der Waals surface area contributed by atoms with Crippen LogP contribution in [-0.2, 0) is 11.3 Å². The highest BCUT2D eigenvalue weighted by Gasteiger charge is 2.21. The van der Waals surface area contributed by atoms with E-state index in [4.69, 9.17) is 0 Å². The molecule has 0 heterocycles. The second kappa shape index (κ2) is 8.34. The molecule has 1 amide bonds. The van der Waals surface area contributed by atoms with Gasteiger partial charge in [-0.15, -0.1) is 0 Å². The quantitative estimate of drug-likeness (QED) is 0.689. The van der Waals surface area contributed by atoms with Gasteiger partial charge in [0.1, 0.15) is 5.75 Å². The number of nitrogens with one attached hydrogen (secondary N) is 1. The number of amides is 1. The van der Waals surface area contributed by atoms with Crippen molar-refractivity contribution in [1.82, 2.24) is 5.32 Å². The third-order valence-electron chi connectivity index (χ3n) is 4.48. The molecule has 0 aliphatic rings. The summed E-state index contributed by atoms with van der Waals surface area (Å²) >= 11 is 0. The summed E-state index contributed by atoms with van der Waals surface area (Å²) in [5, 5.41) is 13.3. The molecule has 3 nitrogen and oxygen atoms in total. The highest BCUT2D eigenvalue weighted by atomic mass is 16.3. The third kappa shape index (κ3) is 4.51. The van der Waals surface area contributed by atoms with Crippen molar-refractivity contribution in [1.29, 1.82) is 0 Å². The lowest BCUT2D eigenvalue weighted by Crippen LogP contribution is -2.25. The Kier molecular flexibility index (Phi) is 5.69. The molecule has 1 unspecified atom stereocenters. The van der Waals surface area contributed by atoms with Crippen molar-refractivity contribution in [3.63, 3.8) is 0 Å². The SMILES string of the molecule is Cc1ccc(O)c(C(CC(=O)NCc2ccccc2)c2ccccc2)c1. The molecule has 0 aliphatic carbocycles. The average molecular weight is 345 g/mol. The van der Waals surface area contributed by atoms with Crippen molar-refractivity contribution in [2.24, 2.45) is 0 Å². The van der Waals surface area contributed by atoms with Crippen LogP contribution in [0.4, 0.5) is 0 Å². The molecule has 26 heavy (non-hydrogen) atoms. The van der Waals surface area contributed by atoms with E-state index in [0.29, 0.717) is 6.54 Å². The molecule has 0 aromatic heterocycles. The van der Waals surface area contributed by atoms with Crippen LogP contribution in [0.25, 0.3) is 0 Å². The molecule has 132 valence electrons. The van der Waals surface area contributed by atoms with E-state index in [1.165, 1.54) is 0 Å². The van der Waals surface area contributed by atoms with Crippen LogP contribution in [0.5, 0.6) is 5.75 Å². The van der Waals surface area contributed by atoms with Crippen LogP contribution in [0.3, 0.4) is 0 Å². The fourth-order valence-corrected chi connectivity index (χ4v) is 3.10. The minimum atomic E-state index is -0.188. The van der Waals surface area contributed by atoms with E-state index in [9.17, 15) is 9.90 Å². The summed E-state index contributed by atoms with van der Waals surface area (Å²) in [5.74, 6) is -0.00389. The highest BCUT2D eigenvalue weighted by molar-refractivity contribution is 5.77. The first-order valence-electron chi connectivity index (χ1n) is 8.78. The van der Waals surface area contributed by atoms with Crippen molar-refractivity contribution in [2.75, 3.05) is 0 Å². The monoisotopic (exact) mass is 345 g/mol. The molecule has 0 bridgehead atoms. The summed E-state index contributed by atoms with van der Waals surface area (Å²) in [5.41, 5.74) is 3.92. The van der Waals surface area contributed by atoms with Crippen LogP contribution in [0, 0.1) is 6.92 Å². The number of phenolic OH excluding ortho intramolecular Hbond substituents is 1. The molecule has 0 radical (unpaired) electrons. The first-order chi connectivity index (χ1) is 12.6. The predicted molar refractivity (Wildman–Crippen MR) is 104 cm³/mol. The standard InChI is InChI=1S/C23H23NO2/c1-17-12-13-22(25)21(14-17)20(19-10-6-3-7-11-19)15-23(26)24-16-18-8-4-2-5-9-18/h2-14,20,25H,15-16H2,1H3,(H,24,26). The van der Waals surface area contributed by atoms with Gasteiger partial charge in [-0.25, -0.2) is 0 Å². The summed E-state index contributed by atoms with van der Waals surface area (Å²) in [6.45, 7) is 2.49. The average Bonchev–Trinajstić information content (AvgIpc) is 2.68. The third-order valence-corrected chi connectivity index (χ3v) is 4.48. The van der Waals surface area contributed by atoms with E-state index in [1.54, 1.807) is 6.07 Å². The lowest BCUT2D eigenvalue weighted by molar-refractivity contribution is -0.121. The summed E-state index contributed by atoms with van der Waals surface area (Å²) in [7, 11) is 0. The normalized spacial score (nSPS) is 11.7. The zero-order valence-corrected chi connectivity index (χ0v) is 14.9. The summed E-state index contributed by atoms with van der Waals surface area (Å²) < 4.78 is 0. The first-order valence-corrected chi connectivity index (χ1v) is 8.78. The van der Waals surface area contributed by atoms with Gasteiger partial charge in [0, 0.05) is 24.4 Å². The molecule has 3 rings (SSSR count). The first kappa shape index (κ1) is 17.7. The molecule has 3 aromatic rings. The molecule has 0 fully saturated rings. The zero-order chi connectivity index (χ0) is 18.4. The van der Waals surface area contributed by atoms with E-state index in [1.807, 2.05) is 79.7 Å². The van der Waals surface area contributed by atoms with E-state index in [2.05, 4.69) is 5.32 Å². The van der Waals surface area contributed by atoms with Crippen molar-refractivity contribution in [3.8, 4) is 5.75 Å². The van der Waals surface area contributed by atoms with Gasteiger partial charge in [-0.05, 0) is 24.1 Å². The van der Waals surface area contributed by atoms with Gasteiger partial charge in [-0.1, -0.05) is 78.4 Å². The Balaban J connectivity index is 1.80. The molecule has 1 atom stereocenters. The Morgan fingerprint density at radius 3 is 2.31 bits per heavy atom. The topological polar surface area (TPSA) is 49.3 Å². The Labute approximate surface area is 154 Å². The Morgan fingerprint density at radius 2 is 1.62 bits per heavy atom. The number of carbonyl (C=O) groups excluding carboxylic acids is 1. The maximum atomic E-state index is 12.6. The lowest BCUT2D eigenvalue weighted by Gasteiger charge is -2.19. The van der Waals surface area contributed by atoms with Crippen LogP contribution >= 0.6 is 0 Å². The molecule has 0 saturated heterocycles. The van der Waals surface area contributed by atoms with Crippen LogP contribution < -0.4 is 5.32 Å². The van der Waals surface area contributed by atoms with Crippen molar-refractivity contribution >= 4 is 5.91 Å². The molecule has 0 aliphatic heterocycles. The van der Waals surface area contributed by atoms with Crippen LogP contribution in [0.15, 0.2) is 78.9 Å². The molecule has 3 aromatic carbocycles. The zero-order valence-electron chi connectivity index (χ0n) is 14.9. The van der Waals surface area contributed by atoms with Gasteiger partial charge in [0.15, 0.2) is 0 Å². The number of hydrogen-bond acceptors (Lipinski definition) is 2. The fraction of sp³-hybridized carbons (Fsp3) is 0.174. The minimum Gasteiger partial charge on any atom is -0.508 e. The second-order valence-corrected chi connectivity index (χ2v) is 6.49. The molecular formula is C23H23NO2. The predicted octanol–water partition coefficient (Wildman–Crippen LogP) is 4.54. The van der Waals surface area contributed by atoms with Gasteiger partial charge >= 0.3 is 0 Å². The van der Waals surface area contributed by atoms with Gasteiger partial charge in [0.05, 0.1) is 0 Å². The Hall–Kier alpha value is -3.07. The van der Waals surface area contributed by atoms with Gasteiger partial charge in [-0.3, -0.25) is 4.79 Å². The minimum absolute atomic E-state index is 0.0383. The number of aryl methyl sites for hydroxylation is 1. The maximum absolute atomic E-state index is 12.6. The largest absolute Gasteiger partial charge is 0.508 e. The highest BCUT2D eigenvalue weighted by Crippen LogP contribution is 2.34. The molecule has 0 saturated carbocycles. The van der Waals surface area contributed by atoms with E-state index in [0.717, 1.165) is 22.3 Å². The number of carbonyl (C=O) groups is 1. The van der Waals surface area contributed by atoms with Crippen LogP contribution in [0.2, 0.25) is 0 Å². The number of benzene rings is 3. The fourth-order valence-electron chi connectivity index (χ4n) is 3.10. The van der Waals surface area contributed by atoms with Gasteiger partial charge < -0.3 is 10.4 Å². The number of hydrogen-bond donors (Lipinski definition) is 2. The van der Waals surface area contributed by atoms with E-state index >= 15 is 0 Å². The molecule has 0 spiro atoms. The lowest BCUT2D eigenvalue weighted by atomic mass is 9.87. The molecule has 2 N–H and O–H groups in total. The number of rotatable bonds is 6. The van der Waals surface area contributed by atoms with Crippen LogP contribution in [0.1, 0.15) is 34.6 Å². The van der Waals surface area contributed by atoms with Crippen LogP contribution in [-0.4, -0.2) is 11.0 Å². The summed E-state index contributed by atoms with van der Waals surface area (Å²) in [4.78, 5) is 12.6. The van der Waals surface area contributed by atoms with Gasteiger partial charge in [0.25, 0.3) is 0 Å².